The summed E-state index contributed by atoms with van der Waals surface area (Å²) in [6.07, 6.45) is 0. The van der Waals surface area contributed by atoms with Gasteiger partial charge in [0.25, 0.3) is 0 Å². The van der Waals surface area contributed by atoms with Crippen LogP contribution in [-0.2, 0) is 17.1 Å². The minimum atomic E-state index is -0.212. The summed E-state index contributed by atoms with van der Waals surface area (Å²) in [5, 5.41) is 3.96. The van der Waals surface area contributed by atoms with Crippen molar-refractivity contribution < 1.29 is 9.32 Å². The van der Waals surface area contributed by atoms with Gasteiger partial charge < -0.3 is 9.42 Å². The second kappa shape index (κ2) is 7.88. The van der Waals surface area contributed by atoms with Crippen molar-refractivity contribution in [3.05, 3.63) is 52.9 Å². The molecule has 130 valence electrons. The number of hydrogen-bond donors (Lipinski definition) is 0. The quantitative estimate of drug-likeness (QED) is 0.780. The lowest BCUT2D eigenvalue weighted by atomic mass is 10.0. The lowest BCUT2D eigenvalue weighted by molar-refractivity contribution is -0.133. The van der Waals surface area contributed by atoms with E-state index in [1.54, 1.807) is 11.8 Å². The number of rotatable bonds is 6. The molecule has 0 fully saturated rings. The average molecular weight is 346 g/mol. The van der Waals surface area contributed by atoms with Crippen LogP contribution in [0, 0.1) is 13.8 Å². The fourth-order valence-corrected chi connectivity index (χ4v) is 3.54. The van der Waals surface area contributed by atoms with Gasteiger partial charge in [0.05, 0.1) is 11.4 Å². The summed E-state index contributed by atoms with van der Waals surface area (Å²) in [6.45, 7) is 10.7. The number of benzene rings is 1. The fraction of sp³-hybridized carbons (Fsp3) is 0.474. The van der Waals surface area contributed by atoms with Crippen molar-refractivity contribution in [3.63, 3.8) is 0 Å². The third-order valence-corrected chi connectivity index (χ3v) is 4.89. The zero-order valence-electron chi connectivity index (χ0n) is 15.1. The molecule has 1 aromatic heterocycles. The number of aryl methyl sites for hydroxylation is 2. The van der Waals surface area contributed by atoms with Crippen LogP contribution in [0.5, 0.6) is 0 Å². The van der Waals surface area contributed by atoms with Crippen molar-refractivity contribution in [1.82, 2.24) is 10.1 Å². The van der Waals surface area contributed by atoms with Crippen molar-refractivity contribution >= 4 is 17.7 Å². The molecule has 0 aliphatic rings. The number of hydrogen-bond acceptors (Lipinski definition) is 4. The molecular formula is C19H26N2O2S. The van der Waals surface area contributed by atoms with Crippen molar-refractivity contribution in [1.29, 1.82) is 0 Å². The number of amides is 1. The first kappa shape index (κ1) is 18.6. The molecule has 0 spiro atoms. The highest BCUT2D eigenvalue weighted by Gasteiger charge is 2.26. The Morgan fingerprint density at radius 2 is 1.88 bits per heavy atom. The molecule has 4 nitrogen and oxygen atoms in total. The maximum absolute atomic E-state index is 12.8. The van der Waals surface area contributed by atoms with E-state index in [-0.39, 0.29) is 11.4 Å². The maximum Gasteiger partial charge on any atom is 0.233 e. The van der Waals surface area contributed by atoms with Crippen LogP contribution in [0.15, 0.2) is 34.9 Å². The monoisotopic (exact) mass is 346 g/mol. The van der Waals surface area contributed by atoms with Gasteiger partial charge in [0.2, 0.25) is 5.91 Å². The minimum absolute atomic E-state index is 0.156. The Bertz CT molecular complexity index is 655. The molecule has 1 amide bonds. The normalized spacial score (nSPS) is 11.5. The van der Waals surface area contributed by atoms with E-state index in [1.807, 2.05) is 36.9 Å². The Kier molecular flexibility index (Phi) is 6.10. The van der Waals surface area contributed by atoms with Crippen LogP contribution in [0.1, 0.15) is 43.4 Å². The third kappa shape index (κ3) is 4.87. The molecule has 1 aromatic carbocycles. The first-order chi connectivity index (χ1) is 11.3. The highest BCUT2D eigenvalue weighted by Crippen LogP contribution is 2.22. The van der Waals surface area contributed by atoms with Crippen LogP contribution >= 0.6 is 11.8 Å². The van der Waals surface area contributed by atoms with Gasteiger partial charge >= 0.3 is 0 Å². The Balaban J connectivity index is 1.98. The summed E-state index contributed by atoms with van der Waals surface area (Å²) in [5.41, 5.74) is 2.94. The van der Waals surface area contributed by atoms with Crippen molar-refractivity contribution in [2.75, 3.05) is 5.75 Å². The summed E-state index contributed by atoms with van der Waals surface area (Å²) in [6, 6.07) is 10.1. The number of nitrogens with zero attached hydrogens (tertiary/aromatic N) is 2. The molecule has 2 rings (SSSR count). The number of aromatic nitrogens is 1. The Morgan fingerprint density at radius 1 is 1.21 bits per heavy atom. The van der Waals surface area contributed by atoms with Crippen LogP contribution < -0.4 is 0 Å². The Morgan fingerprint density at radius 3 is 2.42 bits per heavy atom. The van der Waals surface area contributed by atoms with Gasteiger partial charge in [-0.15, -0.1) is 11.8 Å². The van der Waals surface area contributed by atoms with Gasteiger partial charge in [-0.2, -0.15) is 0 Å². The van der Waals surface area contributed by atoms with Crippen molar-refractivity contribution in [3.8, 4) is 0 Å². The summed E-state index contributed by atoms with van der Waals surface area (Å²) < 4.78 is 5.17. The van der Waals surface area contributed by atoms with E-state index < -0.39 is 0 Å². The molecule has 0 saturated heterocycles. The molecule has 0 atom stereocenters. The van der Waals surface area contributed by atoms with Crippen LogP contribution in [0.2, 0.25) is 0 Å². The molecule has 0 bridgehead atoms. The summed E-state index contributed by atoms with van der Waals surface area (Å²) in [4.78, 5) is 14.7. The van der Waals surface area contributed by atoms with Crippen molar-refractivity contribution in [2.24, 2.45) is 0 Å². The molecule has 0 unspecified atom stereocenters. The minimum Gasteiger partial charge on any atom is -0.361 e. The third-order valence-electron chi connectivity index (χ3n) is 3.95. The first-order valence-electron chi connectivity index (χ1n) is 8.13. The van der Waals surface area contributed by atoms with E-state index in [0.717, 1.165) is 28.3 Å². The highest BCUT2D eigenvalue weighted by molar-refractivity contribution is 7.99. The standard InChI is InChI=1S/C19H26N2O2S/c1-14-17(15(2)23-20-14)12-24-13-18(22)21(19(3,4)5)11-16-9-7-6-8-10-16/h6-10H,11-13H2,1-5H3. The predicted molar refractivity (Wildman–Crippen MR) is 98.9 cm³/mol. The van der Waals surface area contributed by atoms with Gasteiger partial charge in [0.1, 0.15) is 5.76 Å². The van der Waals surface area contributed by atoms with Crippen LogP contribution in [-0.4, -0.2) is 27.3 Å². The maximum atomic E-state index is 12.8. The molecule has 2 aromatic rings. The lowest BCUT2D eigenvalue weighted by Gasteiger charge is -2.36. The largest absolute Gasteiger partial charge is 0.361 e. The molecule has 0 radical (unpaired) electrons. The van der Waals surface area contributed by atoms with Crippen LogP contribution in [0.3, 0.4) is 0 Å². The SMILES string of the molecule is Cc1noc(C)c1CSCC(=O)N(Cc1ccccc1)C(C)(C)C. The molecule has 0 saturated carbocycles. The summed E-state index contributed by atoms with van der Waals surface area (Å²) in [7, 11) is 0. The smallest absolute Gasteiger partial charge is 0.233 e. The highest BCUT2D eigenvalue weighted by atomic mass is 32.2. The number of thioether (sulfide) groups is 1. The average Bonchev–Trinajstić information content (AvgIpc) is 2.84. The van der Waals surface area contributed by atoms with Gasteiger partial charge in [-0.25, -0.2) is 0 Å². The molecule has 0 aliphatic carbocycles. The van der Waals surface area contributed by atoms with E-state index in [9.17, 15) is 4.79 Å². The van der Waals surface area contributed by atoms with Gasteiger partial charge in [0.15, 0.2) is 0 Å². The topological polar surface area (TPSA) is 46.3 Å². The molecule has 0 N–H and O–H groups in total. The molecule has 5 heteroatoms. The second-order valence-corrected chi connectivity index (χ2v) is 7.92. The zero-order valence-corrected chi connectivity index (χ0v) is 15.9. The zero-order chi connectivity index (χ0) is 17.7. The van der Waals surface area contributed by atoms with Gasteiger partial charge in [-0.05, 0) is 40.2 Å². The van der Waals surface area contributed by atoms with Gasteiger partial charge in [0, 0.05) is 23.4 Å². The molecule has 1 heterocycles. The summed E-state index contributed by atoms with van der Waals surface area (Å²) >= 11 is 1.61. The van der Waals surface area contributed by atoms with E-state index in [4.69, 9.17) is 4.52 Å². The first-order valence-corrected chi connectivity index (χ1v) is 9.28. The predicted octanol–water partition coefficient (Wildman–Crippen LogP) is 4.35. The van der Waals surface area contributed by atoms with Crippen LogP contribution in [0.4, 0.5) is 0 Å². The molecule has 0 aliphatic heterocycles. The number of carbonyl (C=O) groups excluding carboxylic acids is 1. The van der Waals surface area contributed by atoms with E-state index in [2.05, 4.69) is 38.1 Å². The van der Waals surface area contributed by atoms with Crippen molar-refractivity contribution in [2.45, 2.75) is 52.5 Å². The lowest BCUT2D eigenvalue weighted by Crippen LogP contribution is -2.45. The fourth-order valence-electron chi connectivity index (χ4n) is 2.49. The molecule has 24 heavy (non-hydrogen) atoms. The number of carbonyl (C=O) groups is 1. The van der Waals surface area contributed by atoms with Gasteiger partial charge in [-0.3, -0.25) is 4.79 Å². The Hall–Kier alpha value is -1.75. The molecular weight excluding hydrogens is 320 g/mol. The second-order valence-electron chi connectivity index (χ2n) is 6.93. The summed E-state index contributed by atoms with van der Waals surface area (Å²) in [5.74, 6) is 2.19. The Labute approximate surface area is 148 Å². The van der Waals surface area contributed by atoms with Crippen LogP contribution in [0.25, 0.3) is 0 Å². The van der Waals surface area contributed by atoms with E-state index in [0.29, 0.717) is 12.3 Å². The van der Waals surface area contributed by atoms with E-state index in [1.165, 1.54) is 0 Å². The van der Waals surface area contributed by atoms with Gasteiger partial charge in [-0.1, -0.05) is 35.5 Å². The van der Waals surface area contributed by atoms with E-state index >= 15 is 0 Å².